The zero-order chi connectivity index (χ0) is 14.7. The average Bonchev–Trinajstić information content (AvgIpc) is 2.41. The number of pyridine rings is 1. The van der Waals surface area contributed by atoms with Gasteiger partial charge in [-0.3, -0.25) is 14.9 Å². The number of nitro benzene ring substituents is 1. The van der Waals surface area contributed by atoms with Crippen LogP contribution in [0.15, 0.2) is 45.6 Å². The Bertz CT molecular complexity index is 691. The third-order valence-electron chi connectivity index (χ3n) is 2.41. The van der Waals surface area contributed by atoms with Gasteiger partial charge in [-0.15, -0.1) is 0 Å². The van der Waals surface area contributed by atoms with Gasteiger partial charge < -0.3 is 5.32 Å². The molecule has 20 heavy (non-hydrogen) atoms. The maximum atomic E-state index is 12.1. The number of nitrogens with zero attached hydrogens (tertiary/aromatic N) is 2. The Balaban J connectivity index is 2.32. The van der Waals surface area contributed by atoms with Gasteiger partial charge in [-0.2, -0.15) is 0 Å². The van der Waals surface area contributed by atoms with E-state index >= 15 is 0 Å². The Kier molecular flexibility index (Phi) is 4.46. The van der Waals surface area contributed by atoms with Crippen molar-refractivity contribution in [1.29, 1.82) is 0 Å². The number of carbonyl (C=O) groups excluding carboxylic acids is 1. The van der Waals surface area contributed by atoms with Gasteiger partial charge in [0.2, 0.25) is 0 Å². The molecule has 0 unspecified atom stereocenters. The van der Waals surface area contributed by atoms with E-state index in [0.29, 0.717) is 14.8 Å². The molecule has 0 aliphatic rings. The summed E-state index contributed by atoms with van der Waals surface area (Å²) < 4.78 is 0.954. The average molecular weight is 401 g/mol. The van der Waals surface area contributed by atoms with Crippen LogP contribution >= 0.6 is 31.9 Å². The first kappa shape index (κ1) is 14.6. The summed E-state index contributed by atoms with van der Waals surface area (Å²) in [5, 5.41) is 13.4. The summed E-state index contributed by atoms with van der Waals surface area (Å²) in [6.07, 6.45) is 1.57. The Morgan fingerprint density at radius 2 is 2.05 bits per heavy atom. The minimum Gasteiger partial charge on any atom is -0.320 e. The normalized spacial score (nSPS) is 10.1. The van der Waals surface area contributed by atoms with Gasteiger partial charge in [0, 0.05) is 22.8 Å². The molecule has 8 heteroatoms. The maximum Gasteiger partial charge on any atom is 0.270 e. The van der Waals surface area contributed by atoms with Crippen molar-refractivity contribution in [2.24, 2.45) is 0 Å². The Labute approximate surface area is 130 Å². The van der Waals surface area contributed by atoms with Crippen molar-refractivity contribution < 1.29 is 9.72 Å². The molecule has 0 saturated heterocycles. The number of benzene rings is 1. The SMILES string of the molecule is O=C(Nc1cccnc1Br)c1cc([N+](=O)[O-])ccc1Br. The standard InChI is InChI=1S/C12H7Br2N3O3/c13-9-4-3-7(17(19)20)6-8(9)12(18)16-10-2-1-5-15-11(10)14/h1-6H,(H,16,18). The first-order valence-electron chi connectivity index (χ1n) is 5.35. The number of nitro groups is 1. The van der Waals surface area contributed by atoms with E-state index in [-0.39, 0.29) is 11.3 Å². The molecule has 2 aromatic rings. The van der Waals surface area contributed by atoms with E-state index in [2.05, 4.69) is 42.2 Å². The smallest absolute Gasteiger partial charge is 0.270 e. The van der Waals surface area contributed by atoms with Crippen molar-refractivity contribution >= 4 is 49.1 Å². The van der Waals surface area contributed by atoms with E-state index in [1.807, 2.05) is 0 Å². The number of nitrogens with one attached hydrogen (secondary N) is 1. The van der Waals surface area contributed by atoms with Gasteiger partial charge in [-0.05, 0) is 50.1 Å². The van der Waals surface area contributed by atoms with Crippen molar-refractivity contribution in [3.63, 3.8) is 0 Å². The molecule has 0 saturated carbocycles. The zero-order valence-corrected chi connectivity index (χ0v) is 13.0. The molecular weight excluding hydrogens is 394 g/mol. The van der Waals surface area contributed by atoms with Crippen molar-refractivity contribution in [2.45, 2.75) is 0 Å². The fraction of sp³-hybridized carbons (Fsp3) is 0. The van der Waals surface area contributed by atoms with Gasteiger partial charge in [0.05, 0.1) is 16.2 Å². The highest BCUT2D eigenvalue weighted by Crippen LogP contribution is 2.25. The second kappa shape index (κ2) is 6.10. The molecule has 0 aliphatic carbocycles. The van der Waals surface area contributed by atoms with E-state index in [4.69, 9.17) is 0 Å². The maximum absolute atomic E-state index is 12.1. The van der Waals surface area contributed by atoms with Gasteiger partial charge in [0.1, 0.15) is 4.60 Å². The molecule has 0 fully saturated rings. The number of aromatic nitrogens is 1. The number of hydrogen-bond acceptors (Lipinski definition) is 4. The fourth-order valence-corrected chi connectivity index (χ4v) is 2.25. The number of non-ortho nitro benzene ring substituents is 1. The monoisotopic (exact) mass is 399 g/mol. The quantitative estimate of drug-likeness (QED) is 0.482. The lowest BCUT2D eigenvalue weighted by molar-refractivity contribution is -0.384. The van der Waals surface area contributed by atoms with Crippen molar-refractivity contribution in [1.82, 2.24) is 4.98 Å². The molecule has 2 rings (SSSR count). The van der Waals surface area contributed by atoms with Gasteiger partial charge in [-0.25, -0.2) is 4.98 Å². The minimum atomic E-state index is -0.552. The molecule has 1 amide bonds. The van der Waals surface area contributed by atoms with E-state index < -0.39 is 10.8 Å². The molecule has 1 heterocycles. The summed E-state index contributed by atoms with van der Waals surface area (Å²) >= 11 is 6.41. The molecule has 0 radical (unpaired) electrons. The highest BCUT2D eigenvalue weighted by atomic mass is 79.9. The highest BCUT2D eigenvalue weighted by Gasteiger charge is 2.16. The summed E-state index contributed by atoms with van der Waals surface area (Å²) in [5.74, 6) is -0.464. The second-order valence-electron chi connectivity index (χ2n) is 3.72. The van der Waals surface area contributed by atoms with Crippen LogP contribution in [0.2, 0.25) is 0 Å². The Morgan fingerprint density at radius 3 is 2.70 bits per heavy atom. The fourth-order valence-electron chi connectivity index (χ4n) is 1.47. The molecule has 6 nitrogen and oxygen atoms in total. The minimum absolute atomic E-state index is 0.149. The molecular formula is C12H7Br2N3O3. The lowest BCUT2D eigenvalue weighted by atomic mass is 10.2. The molecule has 0 bridgehead atoms. The molecule has 0 spiro atoms. The number of rotatable bonds is 3. The van der Waals surface area contributed by atoms with E-state index in [0.717, 1.165) is 0 Å². The lowest BCUT2D eigenvalue weighted by Gasteiger charge is -2.07. The van der Waals surface area contributed by atoms with Crippen molar-refractivity contribution in [3.8, 4) is 0 Å². The molecule has 0 atom stereocenters. The van der Waals surface area contributed by atoms with Crippen LogP contribution in [0.4, 0.5) is 11.4 Å². The van der Waals surface area contributed by atoms with Crippen LogP contribution < -0.4 is 5.32 Å². The number of hydrogen-bond donors (Lipinski definition) is 1. The van der Waals surface area contributed by atoms with Crippen LogP contribution in [-0.2, 0) is 0 Å². The summed E-state index contributed by atoms with van der Waals surface area (Å²) in [7, 11) is 0. The third kappa shape index (κ3) is 3.20. The predicted octanol–water partition coefficient (Wildman–Crippen LogP) is 3.77. The highest BCUT2D eigenvalue weighted by molar-refractivity contribution is 9.10. The van der Waals surface area contributed by atoms with Crippen LogP contribution in [0, 0.1) is 10.1 Å². The van der Waals surface area contributed by atoms with Crippen LogP contribution in [0.5, 0.6) is 0 Å². The predicted molar refractivity (Wildman–Crippen MR) is 80.7 cm³/mol. The number of halogens is 2. The number of carbonyl (C=O) groups is 1. The second-order valence-corrected chi connectivity index (χ2v) is 5.32. The van der Waals surface area contributed by atoms with Crippen LogP contribution in [0.1, 0.15) is 10.4 Å². The van der Waals surface area contributed by atoms with E-state index in [1.54, 1.807) is 18.3 Å². The van der Waals surface area contributed by atoms with E-state index in [9.17, 15) is 14.9 Å². The Hall–Kier alpha value is -1.80. The molecule has 1 aromatic heterocycles. The number of amides is 1. The third-order valence-corrected chi connectivity index (χ3v) is 3.74. The van der Waals surface area contributed by atoms with Gasteiger partial charge >= 0.3 is 0 Å². The number of anilines is 1. The van der Waals surface area contributed by atoms with Gasteiger partial charge in [-0.1, -0.05) is 0 Å². The summed E-state index contributed by atoms with van der Waals surface area (Å²) in [6, 6.07) is 7.33. The topological polar surface area (TPSA) is 85.1 Å². The first-order valence-corrected chi connectivity index (χ1v) is 6.93. The van der Waals surface area contributed by atoms with Crippen LogP contribution in [-0.4, -0.2) is 15.8 Å². The molecule has 102 valence electrons. The van der Waals surface area contributed by atoms with Crippen molar-refractivity contribution in [2.75, 3.05) is 5.32 Å². The summed E-state index contributed by atoms with van der Waals surface area (Å²) in [6.45, 7) is 0. The van der Waals surface area contributed by atoms with Crippen LogP contribution in [0.25, 0.3) is 0 Å². The molecule has 1 N–H and O–H groups in total. The van der Waals surface area contributed by atoms with Gasteiger partial charge in [0.25, 0.3) is 11.6 Å². The summed E-state index contributed by atoms with van der Waals surface area (Å²) in [4.78, 5) is 26.3. The first-order chi connectivity index (χ1) is 9.49. The largest absolute Gasteiger partial charge is 0.320 e. The van der Waals surface area contributed by atoms with E-state index in [1.165, 1.54) is 18.2 Å². The van der Waals surface area contributed by atoms with Gasteiger partial charge in [0.15, 0.2) is 0 Å². The zero-order valence-electron chi connectivity index (χ0n) is 9.84. The molecule has 1 aromatic carbocycles. The molecule has 0 aliphatic heterocycles. The van der Waals surface area contributed by atoms with Crippen LogP contribution in [0.3, 0.4) is 0 Å². The lowest BCUT2D eigenvalue weighted by Crippen LogP contribution is -2.13. The van der Waals surface area contributed by atoms with Crippen molar-refractivity contribution in [3.05, 3.63) is 61.3 Å². The summed E-state index contributed by atoms with van der Waals surface area (Å²) in [5.41, 5.74) is 0.509. The Morgan fingerprint density at radius 1 is 1.30 bits per heavy atom.